The van der Waals surface area contributed by atoms with E-state index in [0.29, 0.717) is 23.3 Å². The fourth-order valence-corrected chi connectivity index (χ4v) is 4.38. The number of H-pyrrole nitrogens is 1. The van der Waals surface area contributed by atoms with Crippen LogP contribution in [0, 0.1) is 0 Å². The van der Waals surface area contributed by atoms with E-state index in [-0.39, 0.29) is 17.2 Å². The van der Waals surface area contributed by atoms with Gasteiger partial charge in [-0.1, -0.05) is 0 Å². The summed E-state index contributed by atoms with van der Waals surface area (Å²) in [5.41, 5.74) is 3.74. The van der Waals surface area contributed by atoms with Crippen LogP contribution in [-0.2, 0) is 6.54 Å². The zero-order valence-corrected chi connectivity index (χ0v) is 17.5. The van der Waals surface area contributed by atoms with Gasteiger partial charge < -0.3 is 19.9 Å². The number of ether oxygens (including phenoxy) is 1. The molecule has 1 aliphatic heterocycles. The molecule has 0 spiro atoms. The van der Waals surface area contributed by atoms with Gasteiger partial charge in [-0.2, -0.15) is 0 Å². The fraction of sp³-hybridized carbons (Fsp3) is 0.364. The number of hydrogen-bond donors (Lipinski definition) is 2. The Balaban J connectivity index is 1.27. The molecule has 3 aromatic rings. The Bertz CT molecular complexity index is 1190. The second-order valence-corrected chi connectivity index (χ2v) is 7.96. The summed E-state index contributed by atoms with van der Waals surface area (Å²) in [5, 5.41) is 2.59. The number of anilines is 1. The molecule has 0 bridgehead atoms. The van der Waals surface area contributed by atoms with Crippen LogP contribution in [0.15, 0.2) is 41.5 Å². The van der Waals surface area contributed by atoms with Crippen molar-refractivity contribution in [2.45, 2.75) is 25.0 Å². The van der Waals surface area contributed by atoms with Gasteiger partial charge >= 0.3 is 0 Å². The topological polar surface area (TPSA) is 103 Å². The van der Waals surface area contributed by atoms with E-state index in [2.05, 4.69) is 30.1 Å². The molecule has 0 unspecified atom stereocenters. The lowest BCUT2D eigenvalue weighted by Crippen LogP contribution is -2.46. The molecule has 1 aliphatic carbocycles. The third-order valence-corrected chi connectivity index (χ3v) is 6.08. The molecule has 2 N–H and O–H groups in total. The van der Waals surface area contributed by atoms with Crippen molar-refractivity contribution >= 4 is 22.6 Å². The highest BCUT2D eigenvalue weighted by atomic mass is 16.5. The minimum absolute atomic E-state index is 0.176. The van der Waals surface area contributed by atoms with Crippen molar-refractivity contribution in [2.24, 2.45) is 0 Å². The molecular formula is C22H24N6O3. The van der Waals surface area contributed by atoms with Crippen molar-refractivity contribution in [3.63, 3.8) is 0 Å². The Morgan fingerprint density at radius 2 is 2.10 bits per heavy atom. The second kappa shape index (κ2) is 7.66. The fourth-order valence-electron chi connectivity index (χ4n) is 4.38. The Hall–Kier alpha value is -3.46. The number of amides is 1. The van der Waals surface area contributed by atoms with E-state index in [0.717, 1.165) is 42.8 Å². The van der Waals surface area contributed by atoms with Gasteiger partial charge in [0.1, 0.15) is 5.69 Å². The molecule has 31 heavy (non-hydrogen) atoms. The first-order valence-electron chi connectivity index (χ1n) is 10.3. The first-order valence-corrected chi connectivity index (χ1v) is 10.3. The molecular weight excluding hydrogens is 396 g/mol. The van der Waals surface area contributed by atoms with E-state index in [1.807, 2.05) is 18.3 Å². The Kier molecular flexibility index (Phi) is 4.82. The number of methoxy groups -OCH3 is 1. The summed E-state index contributed by atoms with van der Waals surface area (Å²) < 4.78 is 5.07. The van der Waals surface area contributed by atoms with E-state index in [9.17, 15) is 9.59 Å². The van der Waals surface area contributed by atoms with Crippen LogP contribution >= 0.6 is 0 Å². The molecule has 0 radical (unpaired) electrons. The summed E-state index contributed by atoms with van der Waals surface area (Å²) in [6.45, 7) is 2.62. The summed E-state index contributed by atoms with van der Waals surface area (Å²) in [5.74, 6) is 0.0898. The number of pyridine rings is 3. The molecule has 2 aliphatic rings. The monoisotopic (exact) mass is 420 g/mol. The maximum Gasteiger partial charge on any atom is 0.290 e. The number of carbonyl (C=O) groups excluding carboxylic acids is 1. The van der Waals surface area contributed by atoms with Crippen LogP contribution < -0.4 is 20.5 Å². The first kappa shape index (κ1) is 19.5. The zero-order chi connectivity index (χ0) is 21.5. The molecule has 1 amide bonds. The van der Waals surface area contributed by atoms with E-state index < -0.39 is 0 Å². The number of fused-ring (bicyclic) bond motifs is 2. The van der Waals surface area contributed by atoms with Crippen LogP contribution in [0.5, 0.6) is 5.75 Å². The molecule has 2 atom stereocenters. The molecule has 9 heteroatoms. The van der Waals surface area contributed by atoms with Crippen LogP contribution in [0.1, 0.15) is 22.5 Å². The first-order chi connectivity index (χ1) is 15.1. The van der Waals surface area contributed by atoms with Crippen LogP contribution in [0.2, 0.25) is 0 Å². The van der Waals surface area contributed by atoms with Gasteiger partial charge in [-0.3, -0.25) is 19.5 Å². The minimum Gasteiger partial charge on any atom is -0.491 e. The number of hydrogen-bond acceptors (Lipinski definition) is 7. The van der Waals surface area contributed by atoms with Gasteiger partial charge in [-0.05, 0) is 30.2 Å². The summed E-state index contributed by atoms with van der Waals surface area (Å²) in [7, 11) is 3.08. The van der Waals surface area contributed by atoms with Crippen molar-refractivity contribution in [1.82, 2.24) is 25.2 Å². The van der Waals surface area contributed by atoms with Gasteiger partial charge in [0.05, 0.1) is 30.0 Å². The van der Waals surface area contributed by atoms with Gasteiger partial charge in [0, 0.05) is 51.0 Å². The summed E-state index contributed by atoms with van der Waals surface area (Å²) in [6, 6.07) is 8.34. The molecule has 3 aromatic heterocycles. The van der Waals surface area contributed by atoms with Crippen molar-refractivity contribution in [3.8, 4) is 5.75 Å². The van der Waals surface area contributed by atoms with E-state index in [4.69, 9.17) is 4.74 Å². The van der Waals surface area contributed by atoms with Crippen molar-refractivity contribution in [2.75, 3.05) is 32.1 Å². The van der Waals surface area contributed by atoms with Gasteiger partial charge in [0.15, 0.2) is 5.75 Å². The lowest BCUT2D eigenvalue weighted by atomic mass is 10.2. The highest BCUT2D eigenvalue weighted by Crippen LogP contribution is 2.40. The lowest BCUT2D eigenvalue weighted by Gasteiger charge is -2.35. The van der Waals surface area contributed by atoms with Crippen molar-refractivity contribution in [1.29, 1.82) is 0 Å². The average molecular weight is 420 g/mol. The summed E-state index contributed by atoms with van der Waals surface area (Å²) in [6.07, 6.45) is 4.75. The predicted molar refractivity (Wildman–Crippen MR) is 116 cm³/mol. The number of nitrogens with one attached hydrogen (secondary N) is 2. The molecule has 1 saturated heterocycles. The number of aromatic nitrogens is 3. The average Bonchev–Trinajstić information content (AvgIpc) is 3.60. The minimum atomic E-state index is -0.249. The van der Waals surface area contributed by atoms with Crippen LogP contribution in [0.4, 0.5) is 5.69 Å². The maximum atomic E-state index is 12.0. The number of piperazine rings is 1. The molecule has 0 aromatic carbocycles. The van der Waals surface area contributed by atoms with Crippen LogP contribution in [0.25, 0.3) is 11.0 Å². The van der Waals surface area contributed by atoms with E-state index in [1.165, 1.54) is 7.11 Å². The second-order valence-electron chi connectivity index (χ2n) is 7.96. The number of carbonyl (C=O) groups is 1. The smallest absolute Gasteiger partial charge is 0.290 e. The van der Waals surface area contributed by atoms with Crippen LogP contribution in [-0.4, -0.2) is 65.1 Å². The van der Waals surface area contributed by atoms with Crippen molar-refractivity contribution in [3.05, 3.63) is 58.3 Å². The van der Waals surface area contributed by atoms with E-state index >= 15 is 0 Å². The largest absolute Gasteiger partial charge is 0.491 e. The highest BCUT2D eigenvalue weighted by molar-refractivity contribution is 5.92. The summed E-state index contributed by atoms with van der Waals surface area (Å²) >= 11 is 0. The van der Waals surface area contributed by atoms with Gasteiger partial charge in [0.2, 0.25) is 0 Å². The standard InChI is InChI=1S/C22H24N6O3/c1-23-21(29)15-4-3-14(11-25-15)28-6-5-27(18-9-19(18)28)12-13-7-17-16(24-10-13)8-20(31-2)22(30)26-17/h3-4,7-8,10-11,18-19H,5-6,9,12H2,1-2H3,(H,23,29)(H,26,30)/t18-,19+/m1/s1. The highest BCUT2D eigenvalue weighted by Gasteiger charge is 2.48. The van der Waals surface area contributed by atoms with Crippen molar-refractivity contribution < 1.29 is 9.53 Å². The molecule has 2 fully saturated rings. The molecule has 4 heterocycles. The van der Waals surface area contributed by atoms with Gasteiger partial charge in [-0.15, -0.1) is 0 Å². The lowest BCUT2D eigenvalue weighted by molar-refractivity contribution is 0.0958. The molecule has 5 rings (SSSR count). The normalized spacial score (nSPS) is 20.4. The predicted octanol–water partition coefficient (Wildman–Crippen LogP) is 1.15. The Labute approximate surface area is 179 Å². The zero-order valence-electron chi connectivity index (χ0n) is 17.5. The Morgan fingerprint density at radius 3 is 2.84 bits per heavy atom. The number of nitrogens with zero attached hydrogens (tertiary/aromatic N) is 4. The third-order valence-electron chi connectivity index (χ3n) is 6.08. The van der Waals surface area contributed by atoms with Gasteiger partial charge in [0.25, 0.3) is 11.5 Å². The maximum absolute atomic E-state index is 12.0. The van der Waals surface area contributed by atoms with Crippen LogP contribution in [0.3, 0.4) is 0 Å². The third kappa shape index (κ3) is 3.61. The summed E-state index contributed by atoms with van der Waals surface area (Å²) in [4.78, 5) is 40.2. The Morgan fingerprint density at radius 1 is 1.23 bits per heavy atom. The number of rotatable bonds is 5. The van der Waals surface area contributed by atoms with E-state index in [1.54, 1.807) is 25.4 Å². The number of aromatic amines is 1. The molecule has 9 nitrogen and oxygen atoms in total. The molecule has 160 valence electrons. The van der Waals surface area contributed by atoms with Gasteiger partial charge in [-0.25, -0.2) is 4.98 Å². The quantitative estimate of drug-likeness (QED) is 0.638. The SMILES string of the molecule is CNC(=O)c1ccc(N2CCN(Cc3cnc4cc(OC)c(=O)[nH]c4c3)[C@@H]3C[C@@H]32)cn1. The molecule has 1 saturated carbocycles.